The highest BCUT2D eigenvalue weighted by molar-refractivity contribution is 6.25. The fraction of sp³-hybridized carbons (Fsp3) is 0. The Bertz CT molecular complexity index is 3210. The lowest BCUT2D eigenvalue weighted by Crippen LogP contribution is -2.00. The first-order chi connectivity index (χ1) is 26.4. The summed E-state index contributed by atoms with van der Waals surface area (Å²) in [6, 6.07) is 47.3. The van der Waals surface area contributed by atoms with Crippen molar-refractivity contribution in [2.24, 2.45) is 0 Å². The van der Waals surface area contributed by atoms with E-state index < -0.39 is 6.04 Å². The minimum atomic E-state index is -0.406. The first-order valence-electron chi connectivity index (χ1n) is 19.0. The molecule has 1 heteroatoms. The second-order valence-electron chi connectivity index (χ2n) is 12.8. The van der Waals surface area contributed by atoms with Gasteiger partial charge in [0.05, 0.1) is 6.85 Å². The normalized spacial score (nSPS) is 13.7. The Labute approximate surface area is 290 Å². The maximum atomic E-state index is 8.72. The smallest absolute Gasteiger partial charge is 0.143 e. The molecule has 0 spiro atoms. The largest absolute Gasteiger partial charge is 0.455 e. The van der Waals surface area contributed by atoms with Gasteiger partial charge in [-0.1, -0.05) is 152 Å². The predicted molar refractivity (Wildman–Crippen MR) is 207 cm³/mol. The van der Waals surface area contributed by atoms with Crippen LogP contribution in [0.3, 0.4) is 0 Å². The average molecular weight is 626 g/mol. The Morgan fingerprint density at radius 1 is 0.367 bits per heavy atom. The highest BCUT2D eigenvalue weighted by atomic mass is 16.5. The van der Waals surface area contributed by atoms with Gasteiger partial charge >= 0.3 is 0 Å². The van der Waals surface area contributed by atoms with Crippen molar-refractivity contribution in [1.29, 1.82) is 0 Å². The minimum absolute atomic E-state index is 0.179. The van der Waals surface area contributed by atoms with Crippen LogP contribution in [0.1, 0.15) is 6.85 Å². The standard InChI is InChI=1S/C48H28O/c1-2-9-29(10-3-1)35-25-26-44-47-38(35)17-8-18-39(47)43-28-42(37-15-4-5-16-41(37)48(43)49-44)34-14-7-13-33(27-34)36-23-21-32-20-19-30-11-6-12-31-22-24-40(36)46(32)45(30)31/h1-28H/i1D,2D,3D,9D,10D. The average Bonchev–Trinajstić information content (AvgIpc) is 3.22. The Morgan fingerprint density at radius 3 is 1.86 bits per heavy atom. The number of hydrogen-bond acceptors (Lipinski definition) is 1. The zero-order valence-electron chi connectivity index (χ0n) is 31.2. The molecule has 0 atom stereocenters. The molecule has 0 radical (unpaired) electrons. The minimum Gasteiger partial charge on any atom is -0.455 e. The third-order valence-electron chi connectivity index (χ3n) is 10.3. The fourth-order valence-corrected chi connectivity index (χ4v) is 8.14. The summed E-state index contributed by atoms with van der Waals surface area (Å²) >= 11 is 0. The van der Waals surface area contributed by atoms with Gasteiger partial charge in [0.25, 0.3) is 0 Å². The molecular weight excluding hydrogens is 593 g/mol. The molecule has 1 heterocycles. The van der Waals surface area contributed by atoms with E-state index in [4.69, 9.17) is 11.6 Å². The fourth-order valence-electron chi connectivity index (χ4n) is 8.14. The second kappa shape index (κ2) is 10.0. The molecule has 1 aliphatic rings. The summed E-state index contributed by atoms with van der Waals surface area (Å²) in [6.45, 7) is 0. The van der Waals surface area contributed by atoms with Crippen LogP contribution in [0.15, 0.2) is 170 Å². The maximum Gasteiger partial charge on any atom is 0.143 e. The van der Waals surface area contributed by atoms with Crippen molar-refractivity contribution in [3.8, 4) is 56.0 Å². The van der Waals surface area contributed by atoms with Crippen molar-refractivity contribution in [2.45, 2.75) is 0 Å². The van der Waals surface area contributed by atoms with Gasteiger partial charge in [-0.05, 0) is 100 Å². The van der Waals surface area contributed by atoms with Crippen LogP contribution in [0.25, 0.3) is 98.4 Å². The zero-order valence-corrected chi connectivity index (χ0v) is 26.2. The Balaban J connectivity index is 1.13. The Morgan fingerprint density at radius 2 is 1.00 bits per heavy atom. The molecule has 11 rings (SSSR count). The van der Waals surface area contributed by atoms with E-state index in [1.54, 1.807) is 6.07 Å². The molecule has 0 saturated carbocycles. The third-order valence-corrected chi connectivity index (χ3v) is 10.3. The first-order valence-corrected chi connectivity index (χ1v) is 16.5. The molecule has 0 N–H and O–H groups in total. The van der Waals surface area contributed by atoms with Gasteiger partial charge in [0.1, 0.15) is 11.5 Å². The van der Waals surface area contributed by atoms with E-state index in [-0.39, 0.29) is 29.7 Å². The van der Waals surface area contributed by atoms with Crippen LogP contribution < -0.4 is 4.74 Å². The number of fused-ring (bicyclic) bond motifs is 4. The topological polar surface area (TPSA) is 9.23 Å². The van der Waals surface area contributed by atoms with E-state index in [0.717, 1.165) is 55.1 Å². The van der Waals surface area contributed by atoms with Crippen LogP contribution >= 0.6 is 0 Å². The van der Waals surface area contributed by atoms with Gasteiger partial charge in [0, 0.05) is 16.3 Å². The molecule has 0 aliphatic carbocycles. The monoisotopic (exact) mass is 625 g/mol. The van der Waals surface area contributed by atoms with Crippen molar-refractivity contribution < 1.29 is 11.6 Å². The molecular formula is C48H28O. The van der Waals surface area contributed by atoms with Crippen LogP contribution in [0.4, 0.5) is 0 Å². The molecule has 10 aromatic rings. The SMILES string of the molecule is [2H]c1c([2H])c([2H])c(-c2ccc3c4c(cccc24)-c2cc(-c4cccc(-c5ccc6ccc7cccc8ccc5c6c78)c4)c4ccccc4c2O3)c([2H])c1[2H]. The van der Waals surface area contributed by atoms with Crippen molar-refractivity contribution in [3.05, 3.63) is 170 Å². The molecule has 226 valence electrons. The van der Waals surface area contributed by atoms with Crippen molar-refractivity contribution in [2.75, 3.05) is 0 Å². The van der Waals surface area contributed by atoms with Gasteiger partial charge < -0.3 is 4.74 Å². The molecule has 0 aromatic heterocycles. The lowest BCUT2D eigenvalue weighted by molar-refractivity contribution is 0.493. The van der Waals surface area contributed by atoms with Crippen LogP contribution in [0, 0.1) is 0 Å². The lowest BCUT2D eigenvalue weighted by atomic mass is 9.86. The van der Waals surface area contributed by atoms with Gasteiger partial charge in [-0.3, -0.25) is 0 Å². The van der Waals surface area contributed by atoms with Gasteiger partial charge in [-0.25, -0.2) is 0 Å². The molecule has 1 nitrogen and oxygen atoms in total. The van der Waals surface area contributed by atoms with Crippen LogP contribution in [-0.4, -0.2) is 0 Å². The van der Waals surface area contributed by atoms with E-state index in [0.29, 0.717) is 11.3 Å². The van der Waals surface area contributed by atoms with E-state index in [1.165, 1.54) is 37.9 Å². The van der Waals surface area contributed by atoms with E-state index in [1.807, 2.05) is 24.3 Å². The molecule has 10 aromatic carbocycles. The number of benzene rings is 10. The highest BCUT2D eigenvalue weighted by Crippen LogP contribution is 2.53. The third kappa shape index (κ3) is 3.82. The number of rotatable bonds is 3. The van der Waals surface area contributed by atoms with Crippen molar-refractivity contribution >= 4 is 53.9 Å². The molecule has 1 aliphatic heterocycles. The van der Waals surface area contributed by atoms with E-state index >= 15 is 0 Å². The van der Waals surface area contributed by atoms with Gasteiger partial charge in [0.15, 0.2) is 0 Å². The molecule has 0 saturated heterocycles. The summed E-state index contributed by atoms with van der Waals surface area (Å²) in [6.07, 6.45) is 0. The summed E-state index contributed by atoms with van der Waals surface area (Å²) < 4.78 is 49.0. The summed E-state index contributed by atoms with van der Waals surface area (Å²) in [5.74, 6) is 1.44. The van der Waals surface area contributed by atoms with Crippen molar-refractivity contribution in [3.63, 3.8) is 0 Å². The van der Waals surface area contributed by atoms with Gasteiger partial charge in [0.2, 0.25) is 0 Å². The Hall–Kier alpha value is -6.44. The second-order valence-corrected chi connectivity index (χ2v) is 12.8. The van der Waals surface area contributed by atoms with Crippen LogP contribution in [0.2, 0.25) is 0 Å². The molecule has 0 unspecified atom stereocenters. The summed E-state index contributed by atoms with van der Waals surface area (Å²) in [5, 5.41) is 11.2. The van der Waals surface area contributed by atoms with Crippen LogP contribution in [0.5, 0.6) is 11.5 Å². The van der Waals surface area contributed by atoms with E-state index in [2.05, 4.69) is 109 Å². The Kier molecular flexibility index (Phi) is 4.54. The van der Waals surface area contributed by atoms with Gasteiger partial charge in [-0.2, -0.15) is 0 Å². The molecule has 0 fully saturated rings. The summed E-state index contributed by atoms with van der Waals surface area (Å²) in [7, 11) is 0. The van der Waals surface area contributed by atoms with E-state index in [9.17, 15) is 0 Å². The number of hydrogen-bond donors (Lipinski definition) is 0. The van der Waals surface area contributed by atoms with Crippen LogP contribution in [-0.2, 0) is 0 Å². The van der Waals surface area contributed by atoms with Crippen molar-refractivity contribution in [1.82, 2.24) is 0 Å². The van der Waals surface area contributed by atoms with Gasteiger partial charge in [-0.15, -0.1) is 0 Å². The maximum absolute atomic E-state index is 8.72. The highest BCUT2D eigenvalue weighted by Gasteiger charge is 2.25. The number of ether oxygens (including phenoxy) is 1. The molecule has 0 amide bonds. The predicted octanol–water partition coefficient (Wildman–Crippen LogP) is 13.7. The summed E-state index contributed by atoms with van der Waals surface area (Å²) in [5.41, 5.74) is 7.14. The molecule has 0 bridgehead atoms. The lowest BCUT2D eigenvalue weighted by Gasteiger charge is -2.25. The zero-order chi connectivity index (χ0) is 36.4. The first kappa shape index (κ1) is 22.2. The summed E-state index contributed by atoms with van der Waals surface area (Å²) in [4.78, 5) is 0. The molecule has 49 heavy (non-hydrogen) atoms. The quantitative estimate of drug-likeness (QED) is 0.178.